The maximum Gasteiger partial charge on any atom is 0.315 e. The molecule has 3 rings (SSSR count). The second-order valence-corrected chi connectivity index (χ2v) is 7.31. The SMILES string of the molecule is Nc1ccc(NC(=O)CCCCC2SCC3NC(=O)NC32)cc1. The maximum absolute atomic E-state index is 11.9. The molecule has 6 nitrogen and oxygen atoms in total. The van der Waals surface area contributed by atoms with E-state index in [1.54, 1.807) is 24.3 Å². The Labute approximate surface area is 140 Å². The van der Waals surface area contributed by atoms with Gasteiger partial charge in [0.15, 0.2) is 0 Å². The molecule has 2 saturated heterocycles. The number of fused-ring (bicyclic) bond motifs is 1. The largest absolute Gasteiger partial charge is 0.399 e. The van der Waals surface area contributed by atoms with E-state index in [1.165, 1.54) is 0 Å². The predicted molar refractivity (Wildman–Crippen MR) is 93.4 cm³/mol. The lowest BCUT2D eigenvalue weighted by Crippen LogP contribution is -2.36. The molecule has 7 heteroatoms. The third kappa shape index (κ3) is 4.10. The summed E-state index contributed by atoms with van der Waals surface area (Å²) in [7, 11) is 0. The average molecular weight is 334 g/mol. The summed E-state index contributed by atoms with van der Waals surface area (Å²) in [6.07, 6.45) is 3.39. The lowest BCUT2D eigenvalue weighted by Gasteiger charge is -2.16. The predicted octanol–water partition coefficient (Wildman–Crippen LogP) is 1.93. The van der Waals surface area contributed by atoms with E-state index in [2.05, 4.69) is 16.0 Å². The normalized spacial score (nSPS) is 25.6. The van der Waals surface area contributed by atoms with Crippen molar-refractivity contribution < 1.29 is 9.59 Å². The number of rotatable bonds is 6. The summed E-state index contributed by atoms with van der Waals surface area (Å²) in [5, 5.41) is 9.27. The Morgan fingerprint density at radius 3 is 2.83 bits per heavy atom. The first kappa shape index (κ1) is 16.0. The number of benzene rings is 1. The van der Waals surface area contributed by atoms with E-state index < -0.39 is 0 Å². The van der Waals surface area contributed by atoms with E-state index in [-0.39, 0.29) is 24.0 Å². The Balaban J connectivity index is 1.34. The highest BCUT2D eigenvalue weighted by atomic mass is 32.2. The number of carbonyl (C=O) groups is 2. The van der Waals surface area contributed by atoms with E-state index >= 15 is 0 Å². The number of nitrogen functional groups attached to an aromatic ring is 1. The molecule has 1 aromatic carbocycles. The van der Waals surface area contributed by atoms with Gasteiger partial charge in [-0.25, -0.2) is 4.79 Å². The molecule has 5 N–H and O–H groups in total. The quantitative estimate of drug-likeness (QED) is 0.363. The van der Waals surface area contributed by atoms with E-state index in [1.807, 2.05) is 11.8 Å². The summed E-state index contributed by atoms with van der Waals surface area (Å²) >= 11 is 1.91. The summed E-state index contributed by atoms with van der Waals surface area (Å²) < 4.78 is 0. The number of anilines is 2. The number of amides is 3. The first-order valence-electron chi connectivity index (χ1n) is 7.96. The molecule has 3 amide bonds. The Morgan fingerprint density at radius 2 is 2.04 bits per heavy atom. The topological polar surface area (TPSA) is 96.2 Å². The molecule has 2 fully saturated rings. The van der Waals surface area contributed by atoms with Crippen molar-refractivity contribution in [3.8, 4) is 0 Å². The monoisotopic (exact) mass is 334 g/mol. The molecular formula is C16H22N4O2S. The van der Waals surface area contributed by atoms with Gasteiger partial charge in [-0.1, -0.05) is 6.42 Å². The van der Waals surface area contributed by atoms with Crippen LogP contribution in [0.2, 0.25) is 0 Å². The fraction of sp³-hybridized carbons (Fsp3) is 0.500. The molecule has 23 heavy (non-hydrogen) atoms. The van der Waals surface area contributed by atoms with Crippen LogP contribution in [-0.4, -0.2) is 35.0 Å². The van der Waals surface area contributed by atoms with Crippen molar-refractivity contribution in [1.82, 2.24) is 10.6 Å². The molecule has 2 aliphatic rings. The van der Waals surface area contributed by atoms with Crippen LogP contribution in [0.1, 0.15) is 25.7 Å². The van der Waals surface area contributed by atoms with Crippen LogP contribution in [0.25, 0.3) is 0 Å². The number of hydrogen-bond donors (Lipinski definition) is 4. The number of urea groups is 1. The van der Waals surface area contributed by atoms with Crippen LogP contribution < -0.4 is 21.7 Å². The van der Waals surface area contributed by atoms with E-state index in [4.69, 9.17) is 5.73 Å². The highest BCUT2D eigenvalue weighted by Crippen LogP contribution is 2.33. The molecule has 0 aromatic heterocycles. The zero-order chi connectivity index (χ0) is 16.2. The third-order valence-electron chi connectivity index (χ3n) is 4.28. The van der Waals surface area contributed by atoms with Gasteiger partial charge in [-0.2, -0.15) is 11.8 Å². The highest BCUT2D eigenvalue weighted by Gasteiger charge is 2.42. The maximum atomic E-state index is 11.9. The Morgan fingerprint density at radius 1 is 1.26 bits per heavy atom. The van der Waals surface area contributed by atoms with Crippen LogP contribution in [0, 0.1) is 0 Å². The van der Waals surface area contributed by atoms with Crippen molar-refractivity contribution in [3.63, 3.8) is 0 Å². The molecule has 0 aliphatic carbocycles. The number of hydrogen-bond acceptors (Lipinski definition) is 4. The minimum atomic E-state index is -0.0480. The molecule has 0 spiro atoms. The van der Waals surface area contributed by atoms with Gasteiger partial charge < -0.3 is 21.7 Å². The first-order chi connectivity index (χ1) is 11.1. The van der Waals surface area contributed by atoms with Gasteiger partial charge in [0.1, 0.15) is 0 Å². The summed E-state index contributed by atoms with van der Waals surface area (Å²) in [4.78, 5) is 23.2. The molecule has 0 bridgehead atoms. The second-order valence-electron chi connectivity index (χ2n) is 6.04. The smallest absolute Gasteiger partial charge is 0.315 e. The van der Waals surface area contributed by atoms with Gasteiger partial charge in [0, 0.05) is 28.8 Å². The number of unbranched alkanes of at least 4 members (excludes halogenated alkanes) is 1. The van der Waals surface area contributed by atoms with Gasteiger partial charge in [0.05, 0.1) is 12.1 Å². The van der Waals surface area contributed by atoms with Crippen molar-refractivity contribution in [2.45, 2.75) is 43.0 Å². The van der Waals surface area contributed by atoms with Gasteiger partial charge in [-0.3, -0.25) is 4.79 Å². The zero-order valence-electron chi connectivity index (χ0n) is 12.9. The van der Waals surface area contributed by atoms with Crippen LogP contribution in [0.5, 0.6) is 0 Å². The molecule has 0 saturated carbocycles. The summed E-state index contributed by atoms with van der Waals surface area (Å²) in [5.74, 6) is 1.01. The van der Waals surface area contributed by atoms with Crippen LogP contribution in [0.3, 0.4) is 0 Å². The van der Waals surface area contributed by atoms with Crippen molar-refractivity contribution >= 4 is 35.1 Å². The lowest BCUT2D eigenvalue weighted by atomic mass is 10.0. The van der Waals surface area contributed by atoms with Crippen LogP contribution in [0.15, 0.2) is 24.3 Å². The number of thioether (sulfide) groups is 1. The summed E-state index contributed by atoms with van der Waals surface area (Å²) in [5.41, 5.74) is 7.08. The van der Waals surface area contributed by atoms with Gasteiger partial charge in [-0.05, 0) is 37.1 Å². The summed E-state index contributed by atoms with van der Waals surface area (Å²) in [6, 6.07) is 7.62. The van der Waals surface area contributed by atoms with E-state index in [9.17, 15) is 9.59 Å². The summed E-state index contributed by atoms with van der Waals surface area (Å²) in [6.45, 7) is 0. The molecule has 1 aromatic rings. The van der Waals surface area contributed by atoms with E-state index in [0.717, 1.165) is 30.7 Å². The van der Waals surface area contributed by atoms with Crippen molar-refractivity contribution in [2.75, 3.05) is 16.8 Å². The Hall–Kier alpha value is -1.89. The minimum absolute atomic E-state index is 0.0301. The van der Waals surface area contributed by atoms with Crippen LogP contribution in [0.4, 0.5) is 16.2 Å². The number of carbonyl (C=O) groups excluding carboxylic acids is 2. The molecule has 3 atom stereocenters. The third-order valence-corrected chi connectivity index (χ3v) is 5.78. The van der Waals surface area contributed by atoms with E-state index in [0.29, 0.717) is 17.4 Å². The van der Waals surface area contributed by atoms with Gasteiger partial charge in [0.2, 0.25) is 5.91 Å². The second kappa shape index (κ2) is 7.12. The molecule has 2 aliphatic heterocycles. The fourth-order valence-electron chi connectivity index (χ4n) is 3.06. The van der Waals surface area contributed by atoms with Gasteiger partial charge in [0.25, 0.3) is 0 Å². The molecule has 0 radical (unpaired) electrons. The van der Waals surface area contributed by atoms with Crippen LogP contribution in [-0.2, 0) is 4.79 Å². The highest BCUT2D eigenvalue weighted by molar-refractivity contribution is 8.00. The van der Waals surface area contributed by atoms with Crippen molar-refractivity contribution in [2.24, 2.45) is 0 Å². The molecule has 3 unspecified atom stereocenters. The lowest BCUT2D eigenvalue weighted by molar-refractivity contribution is -0.116. The zero-order valence-corrected chi connectivity index (χ0v) is 13.7. The molecule has 2 heterocycles. The molecule has 124 valence electrons. The Kier molecular flexibility index (Phi) is 4.95. The minimum Gasteiger partial charge on any atom is -0.399 e. The average Bonchev–Trinajstić information content (AvgIpc) is 3.06. The fourth-order valence-corrected chi connectivity index (χ4v) is 4.61. The van der Waals surface area contributed by atoms with Crippen molar-refractivity contribution in [3.05, 3.63) is 24.3 Å². The molecular weight excluding hydrogens is 312 g/mol. The number of nitrogens with two attached hydrogens (primary N) is 1. The van der Waals surface area contributed by atoms with Crippen LogP contribution >= 0.6 is 11.8 Å². The van der Waals surface area contributed by atoms with Crippen molar-refractivity contribution in [1.29, 1.82) is 0 Å². The Bertz CT molecular complexity index is 578. The first-order valence-corrected chi connectivity index (χ1v) is 9.01. The number of nitrogens with one attached hydrogen (secondary N) is 3. The standard InChI is InChI=1S/C16H22N4O2S/c17-10-5-7-11(8-6-10)18-14(21)4-2-1-3-13-15-12(9-23-13)19-16(22)20-15/h5-8,12-13,15H,1-4,9,17H2,(H,18,21)(H2,19,20,22). The van der Waals surface area contributed by atoms with Gasteiger partial charge >= 0.3 is 6.03 Å². The van der Waals surface area contributed by atoms with Gasteiger partial charge in [-0.15, -0.1) is 0 Å².